The van der Waals surface area contributed by atoms with Crippen molar-refractivity contribution in [2.24, 2.45) is 5.10 Å². The van der Waals surface area contributed by atoms with E-state index >= 15 is 0 Å². The van der Waals surface area contributed by atoms with Crippen LogP contribution in [0.5, 0.6) is 11.5 Å². The van der Waals surface area contributed by atoms with Gasteiger partial charge in [-0.2, -0.15) is 5.10 Å². The normalized spacial score (nSPS) is 10.3. The Hall–Kier alpha value is -2.97. The second-order valence-electron chi connectivity index (χ2n) is 5.21. The minimum absolute atomic E-state index is 0.0861. The number of halogens is 1. The highest BCUT2D eigenvalue weighted by molar-refractivity contribution is 6.32. The number of nitrogens with zero attached hydrogens (tertiary/aromatic N) is 1. The highest BCUT2D eigenvalue weighted by Crippen LogP contribution is 2.36. The monoisotopic (exact) mass is 370 g/mol. The van der Waals surface area contributed by atoms with Gasteiger partial charge in [-0.1, -0.05) is 47.9 Å². The number of rotatable bonds is 8. The molecule has 0 atom stereocenters. The van der Waals surface area contributed by atoms with E-state index in [1.807, 2.05) is 37.3 Å². The zero-order valence-corrected chi connectivity index (χ0v) is 15.1. The topological polar surface area (TPSA) is 59.9 Å². The van der Waals surface area contributed by atoms with Crippen molar-refractivity contribution in [3.8, 4) is 23.8 Å². The van der Waals surface area contributed by atoms with Gasteiger partial charge in [-0.15, -0.1) is 6.42 Å². The lowest BCUT2D eigenvalue weighted by molar-refractivity contribution is -0.120. The Morgan fingerprint density at radius 1 is 1.31 bits per heavy atom. The summed E-state index contributed by atoms with van der Waals surface area (Å²) in [6, 6.07) is 12.8. The molecule has 5 nitrogen and oxygen atoms in total. The molecule has 0 heterocycles. The fraction of sp³-hybridized carbons (Fsp3) is 0.200. The number of hydrogen-bond acceptors (Lipinski definition) is 4. The first-order chi connectivity index (χ1) is 12.6. The first kappa shape index (κ1) is 19.4. The maximum absolute atomic E-state index is 11.9. The van der Waals surface area contributed by atoms with Crippen LogP contribution < -0.4 is 14.9 Å². The smallest absolute Gasteiger partial charge is 0.244 e. The molecule has 0 spiro atoms. The van der Waals surface area contributed by atoms with Crippen LogP contribution >= 0.6 is 11.6 Å². The van der Waals surface area contributed by atoms with E-state index in [0.717, 1.165) is 5.56 Å². The Morgan fingerprint density at radius 3 is 2.77 bits per heavy atom. The van der Waals surface area contributed by atoms with Gasteiger partial charge in [0.15, 0.2) is 11.5 Å². The maximum Gasteiger partial charge on any atom is 0.244 e. The summed E-state index contributed by atoms with van der Waals surface area (Å²) in [6.07, 6.45) is 6.95. The van der Waals surface area contributed by atoms with Gasteiger partial charge in [0.05, 0.1) is 24.3 Å². The maximum atomic E-state index is 11.9. The second kappa shape index (κ2) is 10.1. The molecule has 2 aromatic rings. The molecule has 0 unspecified atom stereocenters. The van der Waals surface area contributed by atoms with E-state index in [9.17, 15) is 4.79 Å². The summed E-state index contributed by atoms with van der Waals surface area (Å²) in [5.74, 6) is 3.02. The highest BCUT2D eigenvalue weighted by atomic mass is 35.5. The Balaban J connectivity index is 2.05. The number of ether oxygens (including phenoxy) is 2. The third kappa shape index (κ3) is 5.83. The van der Waals surface area contributed by atoms with Crippen LogP contribution in [0.3, 0.4) is 0 Å². The third-order valence-electron chi connectivity index (χ3n) is 3.24. The van der Waals surface area contributed by atoms with Gasteiger partial charge in [0.1, 0.15) is 6.61 Å². The van der Waals surface area contributed by atoms with E-state index in [0.29, 0.717) is 28.7 Å². The summed E-state index contributed by atoms with van der Waals surface area (Å²) in [5.41, 5.74) is 4.06. The van der Waals surface area contributed by atoms with E-state index in [-0.39, 0.29) is 18.9 Å². The van der Waals surface area contributed by atoms with Crippen LogP contribution in [-0.2, 0) is 11.2 Å². The first-order valence-corrected chi connectivity index (χ1v) is 8.40. The van der Waals surface area contributed by atoms with Crippen molar-refractivity contribution >= 4 is 23.7 Å². The molecular formula is C20H19ClN2O3. The molecule has 0 saturated heterocycles. The van der Waals surface area contributed by atoms with Crippen molar-refractivity contribution in [2.45, 2.75) is 13.3 Å². The molecule has 0 aliphatic carbocycles. The van der Waals surface area contributed by atoms with Crippen LogP contribution in [0.2, 0.25) is 5.02 Å². The lowest BCUT2D eigenvalue weighted by atomic mass is 10.1. The number of hydrogen-bond donors (Lipinski definition) is 1. The molecule has 26 heavy (non-hydrogen) atoms. The van der Waals surface area contributed by atoms with E-state index in [4.69, 9.17) is 27.5 Å². The lowest BCUT2D eigenvalue weighted by Gasteiger charge is -2.12. The fourth-order valence-corrected chi connectivity index (χ4v) is 2.45. The second-order valence-corrected chi connectivity index (χ2v) is 5.62. The van der Waals surface area contributed by atoms with Gasteiger partial charge < -0.3 is 9.47 Å². The quantitative estimate of drug-likeness (QED) is 0.440. The molecule has 134 valence electrons. The van der Waals surface area contributed by atoms with Crippen LogP contribution in [0.1, 0.15) is 18.1 Å². The van der Waals surface area contributed by atoms with E-state index in [1.54, 1.807) is 12.1 Å². The highest BCUT2D eigenvalue weighted by Gasteiger charge is 2.12. The number of benzene rings is 2. The number of nitrogens with one attached hydrogen (secondary N) is 1. The standard InChI is InChI=1S/C20H19ClN2O3/c1-3-10-26-20-17(21)11-16(12-18(20)25-4-2)14-22-23-19(24)13-15-8-6-5-7-9-15/h1,5-9,11-12,14H,4,10,13H2,2H3,(H,23,24)/b22-14+. The summed E-state index contributed by atoms with van der Waals surface area (Å²) in [4.78, 5) is 11.9. The van der Waals surface area contributed by atoms with Crippen molar-refractivity contribution < 1.29 is 14.3 Å². The van der Waals surface area contributed by atoms with Crippen molar-refractivity contribution in [1.82, 2.24) is 5.43 Å². The van der Waals surface area contributed by atoms with Gasteiger partial charge in [0, 0.05) is 0 Å². The van der Waals surface area contributed by atoms with E-state index in [1.165, 1.54) is 6.21 Å². The zero-order valence-electron chi connectivity index (χ0n) is 14.4. The SMILES string of the molecule is C#CCOc1c(Cl)cc(/C=N/NC(=O)Cc2ccccc2)cc1OCC. The summed E-state index contributed by atoms with van der Waals surface area (Å²) in [6.45, 7) is 2.38. The molecule has 2 rings (SSSR count). The number of amides is 1. The third-order valence-corrected chi connectivity index (χ3v) is 3.52. The number of hydrazone groups is 1. The molecule has 6 heteroatoms. The predicted octanol–water partition coefficient (Wildman–Crippen LogP) is 3.44. The lowest BCUT2D eigenvalue weighted by Crippen LogP contribution is -2.19. The number of carbonyl (C=O) groups excluding carboxylic acids is 1. The van der Waals surface area contributed by atoms with Crippen LogP contribution in [0.25, 0.3) is 0 Å². The number of terminal acetylenes is 1. The summed E-state index contributed by atoms with van der Waals surface area (Å²) >= 11 is 6.23. The molecule has 1 amide bonds. The van der Waals surface area contributed by atoms with Gasteiger partial charge in [0.2, 0.25) is 5.91 Å². The predicted molar refractivity (Wildman–Crippen MR) is 103 cm³/mol. The molecule has 0 aliphatic rings. The van der Waals surface area contributed by atoms with Crippen LogP contribution in [0.4, 0.5) is 0 Å². The molecule has 0 fully saturated rings. The average Bonchev–Trinajstić information content (AvgIpc) is 2.62. The minimum atomic E-state index is -0.211. The number of carbonyl (C=O) groups is 1. The zero-order chi connectivity index (χ0) is 18.8. The Kier molecular flexibility index (Phi) is 7.53. The Morgan fingerprint density at radius 2 is 2.08 bits per heavy atom. The summed E-state index contributed by atoms with van der Waals surface area (Å²) < 4.78 is 11.0. The Labute approximate surface area is 158 Å². The van der Waals surface area contributed by atoms with Crippen molar-refractivity contribution in [1.29, 1.82) is 0 Å². The van der Waals surface area contributed by atoms with Gasteiger partial charge >= 0.3 is 0 Å². The van der Waals surface area contributed by atoms with Crippen LogP contribution in [-0.4, -0.2) is 25.3 Å². The summed E-state index contributed by atoms with van der Waals surface area (Å²) in [5, 5.41) is 4.31. The van der Waals surface area contributed by atoms with Gasteiger partial charge in [-0.05, 0) is 30.2 Å². The van der Waals surface area contributed by atoms with Gasteiger partial charge in [-0.3, -0.25) is 4.79 Å². The van der Waals surface area contributed by atoms with Crippen LogP contribution in [0.15, 0.2) is 47.6 Å². The minimum Gasteiger partial charge on any atom is -0.490 e. The largest absolute Gasteiger partial charge is 0.490 e. The molecule has 1 N–H and O–H groups in total. The molecule has 0 aliphatic heterocycles. The van der Waals surface area contributed by atoms with Crippen molar-refractivity contribution in [3.63, 3.8) is 0 Å². The van der Waals surface area contributed by atoms with Crippen LogP contribution in [0, 0.1) is 12.3 Å². The molecule has 2 aromatic carbocycles. The van der Waals surface area contributed by atoms with Crippen molar-refractivity contribution in [2.75, 3.05) is 13.2 Å². The molecule has 0 radical (unpaired) electrons. The van der Waals surface area contributed by atoms with E-state index < -0.39 is 0 Å². The fourth-order valence-electron chi connectivity index (χ4n) is 2.18. The Bertz CT molecular complexity index is 814. The van der Waals surface area contributed by atoms with E-state index in [2.05, 4.69) is 16.4 Å². The summed E-state index contributed by atoms with van der Waals surface area (Å²) in [7, 11) is 0. The molecule has 0 bridgehead atoms. The van der Waals surface area contributed by atoms with Gasteiger partial charge in [0.25, 0.3) is 0 Å². The van der Waals surface area contributed by atoms with Crippen molar-refractivity contribution in [3.05, 3.63) is 58.6 Å². The average molecular weight is 371 g/mol. The molecular weight excluding hydrogens is 352 g/mol. The molecule has 0 aromatic heterocycles. The van der Waals surface area contributed by atoms with Gasteiger partial charge in [-0.25, -0.2) is 5.43 Å². The first-order valence-electron chi connectivity index (χ1n) is 8.02. The molecule has 0 saturated carbocycles.